The number of halogens is 2. The molecular weight excluding hydrogens is 435 g/mol. The molecule has 9 heteroatoms. The second kappa shape index (κ2) is 10.6. The number of carbonyl (C=O) groups is 3. The van der Waals surface area contributed by atoms with E-state index in [2.05, 4.69) is 10.6 Å². The van der Waals surface area contributed by atoms with Gasteiger partial charge < -0.3 is 15.4 Å². The first-order chi connectivity index (χ1) is 13.8. The summed E-state index contributed by atoms with van der Waals surface area (Å²) >= 11 is 13.0. The van der Waals surface area contributed by atoms with E-state index in [9.17, 15) is 14.4 Å². The number of nitrogens with one attached hydrogen (secondary N) is 2. The van der Waals surface area contributed by atoms with Gasteiger partial charge in [0, 0.05) is 11.6 Å². The minimum atomic E-state index is -0.605. The van der Waals surface area contributed by atoms with E-state index in [-0.39, 0.29) is 33.7 Å². The molecule has 0 aliphatic rings. The average Bonchev–Trinajstić information content (AvgIpc) is 2.98. The molecule has 0 bridgehead atoms. The molecule has 2 aromatic rings. The number of thiophene rings is 1. The average molecular weight is 457 g/mol. The van der Waals surface area contributed by atoms with Crippen LogP contribution in [0.25, 0.3) is 0 Å². The molecule has 0 unspecified atom stereocenters. The van der Waals surface area contributed by atoms with Crippen LogP contribution in [0.15, 0.2) is 18.2 Å². The number of amides is 2. The SMILES string of the molecule is CCCCNC(=O)c1sc(NC(=O)c2ccc(Cl)cc2Cl)c(C(=O)OCC)c1C. The molecule has 6 nitrogen and oxygen atoms in total. The molecule has 2 N–H and O–H groups in total. The number of hydrogen-bond donors (Lipinski definition) is 2. The molecule has 1 aromatic carbocycles. The summed E-state index contributed by atoms with van der Waals surface area (Å²) in [7, 11) is 0. The molecule has 0 aliphatic heterocycles. The number of rotatable bonds is 8. The summed E-state index contributed by atoms with van der Waals surface area (Å²) in [5, 5.41) is 6.32. The monoisotopic (exact) mass is 456 g/mol. The second-order valence-electron chi connectivity index (χ2n) is 6.17. The molecule has 0 saturated carbocycles. The largest absolute Gasteiger partial charge is 0.462 e. The van der Waals surface area contributed by atoms with E-state index in [0.717, 1.165) is 24.2 Å². The van der Waals surface area contributed by atoms with Crippen molar-refractivity contribution < 1.29 is 19.1 Å². The van der Waals surface area contributed by atoms with Crippen molar-refractivity contribution in [1.82, 2.24) is 5.32 Å². The molecule has 0 aliphatic carbocycles. The van der Waals surface area contributed by atoms with Gasteiger partial charge in [-0.05, 0) is 44.0 Å². The fourth-order valence-corrected chi connectivity index (χ4v) is 4.17. The number of benzene rings is 1. The molecule has 0 radical (unpaired) electrons. The first-order valence-electron chi connectivity index (χ1n) is 9.15. The third-order valence-corrected chi connectivity index (χ3v) is 5.81. The van der Waals surface area contributed by atoms with Crippen molar-refractivity contribution in [2.45, 2.75) is 33.6 Å². The lowest BCUT2D eigenvalue weighted by molar-refractivity contribution is 0.0527. The van der Waals surface area contributed by atoms with Gasteiger partial charge in [0.05, 0.1) is 27.6 Å². The summed E-state index contributed by atoms with van der Waals surface area (Å²) in [4.78, 5) is 38.0. The smallest absolute Gasteiger partial charge is 0.341 e. The Bertz CT molecular complexity index is 927. The first-order valence-corrected chi connectivity index (χ1v) is 10.7. The maximum absolute atomic E-state index is 12.7. The number of esters is 1. The molecule has 2 rings (SSSR count). The highest BCUT2D eigenvalue weighted by Crippen LogP contribution is 2.34. The Morgan fingerprint density at radius 2 is 1.86 bits per heavy atom. The molecule has 1 aromatic heterocycles. The Morgan fingerprint density at radius 1 is 1.14 bits per heavy atom. The van der Waals surface area contributed by atoms with Gasteiger partial charge in [-0.25, -0.2) is 4.79 Å². The van der Waals surface area contributed by atoms with Gasteiger partial charge in [0.15, 0.2) is 0 Å². The Kier molecular flexibility index (Phi) is 8.49. The Balaban J connectivity index is 2.38. The summed E-state index contributed by atoms with van der Waals surface area (Å²) < 4.78 is 5.11. The van der Waals surface area contributed by atoms with Crippen LogP contribution in [-0.2, 0) is 4.74 Å². The van der Waals surface area contributed by atoms with Crippen LogP contribution >= 0.6 is 34.5 Å². The van der Waals surface area contributed by atoms with E-state index in [0.29, 0.717) is 22.0 Å². The van der Waals surface area contributed by atoms with Crippen molar-refractivity contribution in [2.75, 3.05) is 18.5 Å². The van der Waals surface area contributed by atoms with Crippen molar-refractivity contribution in [2.24, 2.45) is 0 Å². The van der Waals surface area contributed by atoms with Crippen molar-refractivity contribution in [1.29, 1.82) is 0 Å². The zero-order valence-electron chi connectivity index (χ0n) is 16.4. The maximum atomic E-state index is 12.7. The summed E-state index contributed by atoms with van der Waals surface area (Å²) in [5.74, 6) is -1.42. The molecule has 156 valence electrons. The van der Waals surface area contributed by atoms with E-state index < -0.39 is 11.9 Å². The van der Waals surface area contributed by atoms with Gasteiger partial charge in [0.2, 0.25) is 0 Å². The number of hydrogen-bond acceptors (Lipinski definition) is 5. The molecule has 2 amide bonds. The number of anilines is 1. The standard InChI is InChI=1S/C20H22Cl2N2O4S/c1-4-6-9-23-18(26)16-11(3)15(20(27)28-5-2)19(29-16)24-17(25)13-8-7-12(21)10-14(13)22/h7-8,10H,4-6,9H2,1-3H3,(H,23,26)(H,24,25). The molecular formula is C20H22Cl2N2O4S. The lowest BCUT2D eigenvalue weighted by Crippen LogP contribution is -2.24. The van der Waals surface area contributed by atoms with Crippen molar-refractivity contribution in [3.05, 3.63) is 49.8 Å². The van der Waals surface area contributed by atoms with E-state index >= 15 is 0 Å². The van der Waals surface area contributed by atoms with Gasteiger partial charge in [0.1, 0.15) is 5.00 Å². The van der Waals surface area contributed by atoms with Gasteiger partial charge >= 0.3 is 5.97 Å². The maximum Gasteiger partial charge on any atom is 0.341 e. The quantitative estimate of drug-likeness (QED) is 0.415. The predicted octanol–water partition coefficient (Wildman–Crippen LogP) is 5.32. The van der Waals surface area contributed by atoms with Gasteiger partial charge in [-0.15, -0.1) is 11.3 Å². The van der Waals surface area contributed by atoms with Crippen LogP contribution < -0.4 is 10.6 Å². The number of ether oxygens (including phenoxy) is 1. The molecule has 0 saturated heterocycles. The second-order valence-corrected chi connectivity index (χ2v) is 8.03. The molecule has 1 heterocycles. The topological polar surface area (TPSA) is 84.5 Å². The normalized spacial score (nSPS) is 10.5. The Hall–Kier alpha value is -2.09. The fourth-order valence-electron chi connectivity index (χ4n) is 2.57. The van der Waals surface area contributed by atoms with Crippen LogP contribution in [-0.4, -0.2) is 30.9 Å². The Morgan fingerprint density at radius 3 is 2.48 bits per heavy atom. The lowest BCUT2D eigenvalue weighted by atomic mass is 10.1. The molecule has 0 fully saturated rings. The molecule has 29 heavy (non-hydrogen) atoms. The Labute approximate surface area is 183 Å². The van der Waals surface area contributed by atoms with Crippen molar-refractivity contribution in [3.8, 4) is 0 Å². The van der Waals surface area contributed by atoms with Crippen LogP contribution in [0.3, 0.4) is 0 Å². The van der Waals surface area contributed by atoms with Gasteiger partial charge in [-0.2, -0.15) is 0 Å². The van der Waals surface area contributed by atoms with Crippen LogP contribution in [0.5, 0.6) is 0 Å². The number of carbonyl (C=O) groups excluding carboxylic acids is 3. The van der Waals surface area contributed by atoms with E-state index in [1.807, 2.05) is 6.92 Å². The third kappa shape index (κ3) is 5.72. The van der Waals surface area contributed by atoms with Gasteiger partial charge in [0.25, 0.3) is 11.8 Å². The third-order valence-electron chi connectivity index (χ3n) is 4.05. The van der Waals surface area contributed by atoms with E-state index in [1.54, 1.807) is 19.9 Å². The summed E-state index contributed by atoms with van der Waals surface area (Å²) in [6.45, 7) is 6.06. The minimum Gasteiger partial charge on any atom is -0.462 e. The van der Waals surface area contributed by atoms with Crippen molar-refractivity contribution in [3.63, 3.8) is 0 Å². The first kappa shape index (κ1) is 23.2. The summed E-state index contributed by atoms with van der Waals surface area (Å²) in [5.41, 5.74) is 0.821. The van der Waals surface area contributed by atoms with Crippen LogP contribution in [0.1, 0.15) is 62.6 Å². The van der Waals surface area contributed by atoms with Crippen LogP contribution in [0, 0.1) is 6.92 Å². The van der Waals surface area contributed by atoms with Crippen LogP contribution in [0.4, 0.5) is 5.00 Å². The highest BCUT2D eigenvalue weighted by molar-refractivity contribution is 7.18. The fraction of sp³-hybridized carbons (Fsp3) is 0.350. The van der Waals surface area contributed by atoms with E-state index in [4.69, 9.17) is 27.9 Å². The minimum absolute atomic E-state index is 0.163. The number of unbranched alkanes of at least 4 members (excludes halogenated alkanes) is 1. The van der Waals surface area contributed by atoms with Crippen LogP contribution in [0.2, 0.25) is 10.0 Å². The predicted molar refractivity (Wildman–Crippen MR) is 117 cm³/mol. The molecule has 0 atom stereocenters. The highest BCUT2D eigenvalue weighted by atomic mass is 35.5. The van der Waals surface area contributed by atoms with Gasteiger partial charge in [-0.1, -0.05) is 36.5 Å². The zero-order chi connectivity index (χ0) is 21.6. The van der Waals surface area contributed by atoms with E-state index in [1.165, 1.54) is 12.1 Å². The summed E-state index contributed by atoms with van der Waals surface area (Å²) in [6, 6.07) is 4.49. The summed E-state index contributed by atoms with van der Waals surface area (Å²) in [6.07, 6.45) is 1.79. The zero-order valence-corrected chi connectivity index (χ0v) is 18.7. The van der Waals surface area contributed by atoms with Crippen molar-refractivity contribution >= 4 is 57.3 Å². The van der Waals surface area contributed by atoms with Gasteiger partial charge in [-0.3, -0.25) is 9.59 Å². The molecule has 0 spiro atoms. The highest BCUT2D eigenvalue weighted by Gasteiger charge is 2.27. The lowest BCUT2D eigenvalue weighted by Gasteiger charge is -2.08.